The summed E-state index contributed by atoms with van der Waals surface area (Å²) >= 11 is 0. The number of rotatable bonds is 3. The molecule has 5 nitrogen and oxygen atoms in total. The molecule has 1 aliphatic heterocycles. The van der Waals surface area contributed by atoms with Crippen molar-refractivity contribution in [1.29, 1.82) is 0 Å². The zero-order valence-electron chi connectivity index (χ0n) is 10.2. The van der Waals surface area contributed by atoms with Crippen molar-refractivity contribution < 1.29 is 14.3 Å². The van der Waals surface area contributed by atoms with E-state index in [0.29, 0.717) is 11.9 Å². The van der Waals surface area contributed by atoms with E-state index in [9.17, 15) is 4.79 Å². The van der Waals surface area contributed by atoms with Gasteiger partial charge < -0.3 is 14.4 Å². The molecule has 1 saturated heterocycles. The molecule has 17 heavy (non-hydrogen) atoms. The van der Waals surface area contributed by atoms with E-state index >= 15 is 0 Å². The third kappa shape index (κ3) is 2.44. The smallest absolute Gasteiger partial charge is 0.371 e. The van der Waals surface area contributed by atoms with Crippen molar-refractivity contribution in [3.05, 3.63) is 17.9 Å². The number of anilines is 1. The van der Waals surface area contributed by atoms with Gasteiger partial charge in [-0.1, -0.05) is 6.92 Å². The lowest BCUT2D eigenvalue weighted by Crippen LogP contribution is -2.51. The molecule has 1 aromatic heterocycles. The number of hydrogen-bond acceptors (Lipinski definition) is 4. The van der Waals surface area contributed by atoms with Gasteiger partial charge in [0.05, 0.1) is 0 Å². The van der Waals surface area contributed by atoms with Crippen LogP contribution in [0.1, 0.15) is 23.9 Å². The predicted molar refractivity (Wildman–Crippen MR) is 64.6 cm³/mol. The highest BCUT2D eigenvalue weighted by Crippen LogP contribution is 2.22. The van der Waals surface area contributed by atoms with Crippen LogP contribution in [-0.2, 0) is 0 Å². The Hall–Kier alpha value is -1.49. The fourth-order valence-corrected chi connectivity index (χ4v) is 2.20. The molecule has 0 amide bonds. The molecular formula is C12H18N2O3. The summed E-state index contributed by atoms with van der Waals surface area (Å²) in [5, 5.41) is 8.82. The second-order valence-corrected chi connectivity index (χ2v) is 4.43. The summed E-state index contributed by atoms with van der Waals surface area (Å²) < 4.78 is 5.32. The summed E-state index contributed by atoms with van der Waals surface area (Å²) in [5.74, 6) is -0.349. The molecule has 0 radical (unpaired) electrons. The van der Waals surface area contributed by atoms with Gasteiger partial charge in [0.2, 0.25) is 5.76 Å². The van der Waals surface area contributed by atoms with E-state index in [2.05, 4.69) is 23.8 Å². The Labute approximate surface area is 101 Å². The van der Waals surface area contributed by atoms with E-state index in [1.54, 1.807) is 6.07 Å². The number of carbonyl (C=O) groups is 1. The molecule has 1 fully saturated rings. The van der Waals surface area contributed by atoms with Crippen molar-refractivity contribution in [1.82, 2.24) is 4.90 Å². The fourth-order valence-electron chi connectivity index (χ4n) is 2.20. The average molecular weight is 238 g/mol. The van der Waals surface area contributed by atoms with Crippen LogP contribution in [0.2, 0.25) is 0 Å². The molecular weight excluding hydrogens is 220 g/mol. The van der Waals surface area contributed by atoms with Crippen molar-refractivity contribution in [2.45, 2.75) is 19.4 Å². The van der Waals surface area contributed by atoms with Crippen molar-refractivity contribution in [2.24, 2.45) is 0 Å². The number of nitrogens with zero attached hydrogens (tertiary/aromatic N) is 2. The van der Waals surface area contributed by atoms with E-state index in [-0.39, 0.29) is 5.76 Å². The first-order valence-corrected chi connectivity index (χ1v) is 5.90. The molecule has 5 heteroatoms. The predicted octanol–water partition coefficient (Wildman–Crippen LogP) is 1.51. The van der Waals surface area contributed by atoms with Crippen LogP contribution in [0.5, 0.6) is 0 Å². The summed E-state index contributed by atoms with van der Waals surface area (Å²) in [6, 6.07) is 3.75. The molecule has 0 aromatic carbocycles. The third-order valence-corrected chi connectivity index (χ3v) is 3.36. The molecule has 1 unspecified atom stereocenters. The van der Waals surface area contributed by atoms with Crippen molar-refractivity contribution in [3.8, 4) is 0 Å². The maximum absolute atomic E-state index is 10.7. The Kier molecular flexibility index (Phi) is 3.38. The monoisotopic (exact) mass is 238 g/mol. The molecule has 1 N–H and O–H groups in total. The van der Waals surface area contributed by atoms with Gasteiger partial charge in [-0.3, -0.25) is 4.90 Å². The van der Waals surface area contributed by atoms with Crippen LogP contribution in [0, 0.1) is 0 Å². The third-order valence-electron chi connectivity index (χ3n) is 3.36. The lowest BCUT2D eigenvalue weighted by molar-refractivity contribution is 0.0662. The number of furan rings is 1. The molecule has 2 rings (SSSR count). The van der Waals surface area contributed by atoms with Crippen LogP contribution in [0.4, 0.5) is 5.88 Å². The Morgan fingerprint density at radius 3 is 2.88 bits per heavy atom. The lowest BCUT2D eigenvalue weighted by atomic mass is 10.1. The molecule has 2 heterocycles. The highest BCUT2D eigenvalue weighted by atomic mass is 16.4. The van der Waals surface area contributed by atoms with Gasteiger partial charge in [-0.2, -0.15) is 0 Å². The minimum Gasteiger partial charge on any atom is -0.475 e. The Morgan fingerprint density at radius 2 is 2.29 bits per heavy atom. The number of aromatic carboxylic acids is 1. The van der Waals surface area contributed by atoms with Crippen LogP contribution in [0.15, 0.2) is 16.5 Å². The van der Waals surface area contributed by atoms with E-state index in [1.807, 2.05) is 0 Å². The first-order valence-electron chi connectivity index (χ1n) is 5.90. The van der Waals surface area contributed by atoms with E-state index < -0.39 is 5.97 Å². The molecule has 1 atom stereocenters. The number of carboxylic acids is 1. The largest absolute Gasteiger partial charge is 0.475 e. The van der Waals surface area contributed by atoms with Gasteiger partial charge in [0.1, 0.15) is 0 Å². The highest BCUT2D eigenvalue weighted by molar-refractivity contribution is 5.84. The summed E-state index contributed by atoms with van der Waals surface area (Å²) in [7, 11) is 2.12. The maximum atomic E-state index is 10.7. The molecule has 0 bridgehead atoms. The summed E-state index contributed by atoms with van der Waals surface area (Å²) in [6.07, 6.45) is 1.08. The van der Waals surface area contributed by atoms with E-state index in [0.717, 1.165) is 26.1 Å². The van der Waals surface area contributed by atoms with Crippen LogP contribution in [-0.4, -0.2) is 48.7 Å². The summed E-state index contributed by atoms with van der Waals surface area (Å²) in [5.41, 5.74) is 0. The first kappa shape index (κ1) is 12.0. The second kappa shape index (κ2) is 4.79. The average Bonchev–Trinajstić information content (AvgIpc) is 2.79. The van der Waals surface area contributed by atoms with Gasteiger partial charge in [-0.05, 0) is 19.5 Å². The topological polar surface area (TPSA) is 56.9 Å². The van der Waals surface area contributed by atoms with Crippen molar-refractivity contribution in [3.63, 3.8) is 0 Å². The first-order chi connectivity index (χ1) is 8.11. The molecule has 0 spiro atoms. The molecule has 0 aliphatic carbocycles. The highest BCUT2D eigenvalue weighted by Gasteiger charge is 2.25. The number of likely N-dealkylation sites (N-methyl/N-ethyl adjacent to an activating group) is 1. The normalized spacial score (nSPS) is 21.8. The van der Waals surface area contributed by atoms with E-state index in [4.69, 9.17) is 9.52 Å². The fraction of sp³-hybridized carbons (Fsp3) is 0.583. The maximum Gasteiger partial charge on any atom is 0.371 e. The van der Waals surface area contributed by atoms with Crippen molar-refractivity contribution in [2.75, 3.05) is 31.6 Å². The van der Waals surface area contributed by atoms with Gasteiger partial charge in [0, 0.05) is 31.7 Å². The Bertz CT molecular complexity index is 402. The molecule has 94 valence electrons. The minimum absolute atomic E-state index is 0.00646. The standard InChI is InChI=1S/C12H18N2O3/c1-3-9-8-14(7-6-13(9)2)11-5-4-10(17-11)12(15)16/h4-5,9H,3,6-8H2,1-2H3,(H,15,16). The van der Waals surface area contributed by atoms with E-state index in [1.165, 1.54) is 6.07 Å². The molecule has 1 aliphatic rings. The summed E-state index contributed by atoms with van der Waals surface area (Å²) in [4.78, 5) is 15.2. The van der Waals surface area contributed by atoms with Crippen LogP contribution in [0.25, 0.3) is 0 Å². The quantitative estimate of drug-likeness (QED) is 0.865. The second-order valence-electron chi connectivity index (χ2n) is 4.43. The summed E-state index contributed by atoms with van der Waals surface area (Å²) in [6.45, 7) is 4.90. The Balaban J connectivity index is 2.09. The van der Waals surface area contributed by atoms with Gasteiger partial charge in [0.25, 0.3) is 0 Å². The molecule has 1 aromatic rings. The van der Waals surface area contributed by atoms with Crippen LogP contribution >= 0.6 is 0 Å². The lowest BCUT2D eigenvalue weighted by Gasteiger charge is -2.38. The van der Waals surface area contributed by atoms with Gasteiger partial charge in [-0.15, -0.1) is 0 Å². The number of piperazine rings is 1. The molecule has 0 saturated carbocycles. The zero-order chi connectivity index (χ0) is 12.4. The Morgan fingerprint density at radius 1 is 1.53 bits per heavy atom. The minimum atomic E-state index is -1.02. The van der Waals surface area contributed by atoms with Crippen LogP contribution in [0.3, 0.4) is 0 Å². The van der Waals surface area contributed by atoms with Gasteiger partial charge in [-0.25, -0.2) is 4.79 Å². The number of hydrogen-bond donors (Lipinski definition) is 1. The van der Waals surface area contributed by atoms with Crippen molar-refractivity contribution >= 4 is 11.9 Å². The zero-order valence-corrected chi connectivity index (χ0v) is 10.2. The van der Waals surface area contributed by atoms with Gasteiger partial charge >= 0.3 is 5.97 Å². The van der Waals surface area contributed by atoms with Crippen LogP contribution < -0.4 is 4.90 Å². The van der Waals surface area contributed by atoms with Gasteiger partial charge in [0.15, 0.2) is 5.88 Å². The number of carboxylic acid groups (broad SMARTS) is 1. The SMILES string of the molecule is CCC1CN(c2ccc(C(=O)O)o2)CCN1C.